The average Bonchev–Trinajstić information content (AvgIpc) is 3.18. The van der Waals surface area contributed by atoms with Crippen LogP contribution in [0.25, 0.3) is 0 Å². The van der Waals surface area contributed by atoms with Crippen LogP contribution in [0.2, 0.25) is 0 Å². The van der Waals surface area contributed by atoms with Gasteiger partial charge in [0.15, 0.2) is 6.10 Å². The molecule has 0 radical (unpaired) electrons. The number of aliphatic hydroxyl groups is 1. The van der Waals surface area contributed by atoms with E-state index in [0.717, 1.165) is 19.3 Å². The molecule has 4 bridgehead atoms. The fourth-order valence-electron chi connectivity index (χ4n) is 7.74. The number of carbonyl (C=O) groups excluding carboxylic acids is 4. The van der Waals surface area contributed by atoms with Crippen molar-refractivity contribution in [2.45, 2.75) is 77.0 Å². The maximum absolute atomic E-state index is 13.8. The zero-order valence-corrected chi connectivity index (χ0v) is 20.3. The van der Waals surface area contributed by atoms with Crippen LogP contribution in [0.3, 0.4) is 0 Å². The van der Waals surface area contributed by atoms with E-state index in [0.29, 0.717) is 43.9 Å². The van der Waals surface area contributed by atoms with Gasteiger partial charge in [-0.05, 0) is 63.2 Å². The molecule has 6 aliphatic rings. The van der Waals surface area contributed by atoms with Gasteiger partial charge in [0.2, 0.25) is 11.8 Å². The number of esters is 1. The summed E-state index contributed by atoms with van der Waals surface area (Å²) in [5, 5.41) is 10.4. The molecule has 3 amide bonds. The van der Waals surface area contributed by atoms with E-state index in [-0.39, 0.29) is 30.7 Å². The van der Waals surface area contributed by atoms with Gasteiger partial charge < -0.3 is 24.5 Å². The number of aliphatic hydroxyl groups excluding tert-OH is 1. The Hall–Kier alpha value is -2.16. The van der Waals surface area contributed by atoms with E-state index in [2.05, 4.69) is 0 Å². The standard InChI is InChI=1S/C25H37N3O6/c1-15(22(31)27-5-3-26(4-6-27)16(2)29)34-23(32)21-10-20(30)14-28(21)24(33)25-11-17-7-18(12-25)9-19(8-17)13-25/h15,17-21,30H,3-14H2,1-2H3/t15?,17?,18?,19?,20?,21-,25?/m0/s1. The molecule has 9 nitrogen and oxygen atoms in total. The fraction of sp³-hybridized carbons (Fsp3) is 0.840. The second-order valence-corrected chi connectivity index (χ2v) is 11.5. The molecule has 4 saturated carbocycles. The Bertz CT molecular complexity index is 831. The van der Waals surface area contributed by atoms with Crippen LogP contribution in [0, 0.1) is 23.2 Å². The Morgan fingerprint density at radius 2 is 1.41 bits per heavy atom. The van der Waals surface area contributed by atoms with Gasteiger partial charge in [0.05, 0.1) is 11.5 Å². The normalized spacial score (nSPS) is 37.6. The molecule has 0 aromatic carbocycles. The van der Waals surface area contributed by atoms with Gasteiger partial charge in [-0.25, -0.2) is 4.79 Å². The predicted molar refractivity (Wildman–Crippen MR) is 121 cm³/mol. The lowest BCUT2D eigenvalue weighted by Gasteiger charge is -2.56. The second kappa shape index (κ2) is 8.81. The third kappa shape index (κ3) is 4.20. The molecule has 2 saturated heterocycles. The number of hydrogen-bond donors (Lipinski definition) is 1. The van der Waals surface area contributed by atoms with Crippen molar-refractivity contribution < 1.29 is 29.0 Å². The Kier molecular flexibility index (Phi) is 6.11. The number of carbonyl (C=O) groups is 4. The van der Waals surface area contributed by atoms with Crippen molar-refractivity contribution in [1.82, 2.24) is 14.7 Å². The Labute approximate surface area is 200 Å². The summed E-state index contributed by atoms with van der Waals surface area (Å²) in [7, 11) is 0. The molecular formula is C25H37N3O6. The van der Waals surface area contributed by atoms with Crippen molar-refractivity contribution in [2.24, 2.45) is 23.2 Å². The first kappa shape index (κ1) is 23.6. The smallest absolute Gasteiger partial charge is 0.329 e. The minimum Gasteiger partial charge on any atom is -0.451 e. The van der Waals surface area contributed by atoms with Gasteiger partial charge in [0.25, 0.3) is 5.91 Å². The largest absolute Gasteiger partial charge is 0.451 e. The van der Waals surface area contributed by atoms with Crippen molar-refractivity contribution in [3.05, 3.63) is 0 Å². The fourth-order valence-corrected chi connectivity index (χ4v) is 7.74. The van der Waals surface area contributed by atoms with Crippen molar-refractivity contribution >= 4 is 23.7 Å². The molecule has 2 unspecified atom stereocenters. The molecule has 6 rings (SSSR count). The van der Waals surface area contributed by atoms with Gasteiger partial charge in [0.1, 0.15) is 6.04 Å². The number of β-amino-alcohol motifs (C(OH)–C–C–N with tert-alkyl or cyclic N) is 1. The topological polar surface area (TPSA) is 107 Å². The highest BCUT2D eigenvalue weighted by Gasteiger charge is 2.57. The number of piperazine rings is 1. The number of rotatable bonds is 4. The van der Waals surface area contributed by atoms with Gasteiger partial charge in [-0.2, -0.15) is 0 Å². The molecule has 3 atom stereocenters. The zero-order chi connectivity index (χ0) is 24.2. The molecule has 2 aliphatic heterocycles. The lowest BCUT2D eigenvalue weighted by atomic mass is 9.49. The summed E-state index contributed by atoms with van der Waals surface area (Å²) >= 11 is 0. The molecule has 0 spiro atoms. The Balaban J connectivity index is 1.22. The van der Waals surface area contributed by atoms with Crippen molar-refractivity contribution in [3.63, 3.8) is 0 Å². The number of amides is 3. The minimum absolute atomic E-state index is 0.00411. The summed E-state index contributed by atoms with van der Waals surface area (Å²) in [6.45, 7) is 4.93. The third-order valence-corrected chi connectivity index (χ3v) is 8.98. The van der Waals surface area contributed by atoms with Crippen LogP contribution in [-0.4, -0.2) is 94.5 Å². The molecule has 0 aromatic rings. The maximum atomic E-state index is 13.8. The van der Waals surface area contributed by atoms with Gasteiger partial charge in [0, 0.05) is 46.1 Å². The summed E-state index contributed by atoms with van der Waals surface area (Å²) in [4.78, 5) is 56.2. The third-order valence-electron chi connectivity index (χ3n) is 8.98. The first-order valence-electron chi connectivity index (χ1n) is 12.9. The van der Waals surface area contributed by atoms with Crippen LogP contribution in [0.5, 0.6) is 0 Å². The summed E-state index contributed by atoms with van der Waals surface area (Å²) in [5.74, 6) is 0.893. The molecule has 9 heteroatoms. The average molecular weight is 476 g/mol. The summed E-state index contributed by atoms with van der Waals surface area (Å²) in [6, 6.07) is -0.847. The van der Waals surface area contributed by atoms with E-state index in [1.54, 1.807) is 21.6 Å². The minimum atomic E-state index is -0.981. The molecule has 6 fully saturated rings. The van der Waals surface area contributed by atoms with Gasteiger partial charge in [-0.3, -0.25) is 14.4 Å². The summed E-state index contributed by atoms with van der Waals surface area (Å²) in [6.07, 6.45) is 4.76. The van der Waals surface area contributed by atoms with Gasteiger partial charge >= 0.3 is 5.97 Å². The van der Waals surface area contributed by atoms with E-state index in [1.165, 1.54) is 26.2 Å². The van der Waals surface area contributed by atoms with E-state index in [9.17, 15) is 24.3 Å². The van der Waals surface area contributed by atoms with Crippen molar-refractivity contribution in [3.8, 4) is 0 Å². The predicted octanol–water partition coefficient (Wildman–Crippen LogP) is 0.787. The molecule has 0 aromatic heterocycles. The molecule has 2 heterocycles. The van der Waals surface area contributed by atoms with E-state index >= 15 is 0 Å². The first-order valence-corrected chi connectivity index (χ1v) is 12.9. The highest BCUT2D eigenvalue weighted by molar-refractivity contribution is 5.90. The van der Waals surface area contributed by atoms with Crippen LogP contribution in [0.1, 0.15) is 58.8 Å². The van der Waals surface area contributed by atoms with Crippen molar-refractivity contribution in [2.75, 3.05) is 32.7 Å². The van der Waals surface area contributed by atoms with Crippen LogP contribution in [0.15, 0.2) is 0 Å². The highest BCUT2D eigenvalue weighted by Crippen LogP contribution is 2.60. The number of nitrogens with zero attached hydrogens (tertiary/aromatic N) is 3. The second-order valence-electron chi connectivity index (χ2n) is 11.5. The SMILES string of the molecule is CC(=O)N1CCN(C(=O)C(C)OC(=O)[C@@H]2CC(O)CN2C(=O)C23CC4CC(CC(C4)C2)C3)CC1. The molecule has 188 valence electrons. The monoisotopic (exact) mass is 475 g/mol. The number of likely N-dealkylation sites (tertiary alicyclic amines) is 1. The van der Waals surface area contributed by atoms with Gasteiger partial charge in [-0.1, -0.05) is 0 Å². The van der Waals surface area contributed by atoms with Crippen LogP contribution >= 0.6 is 0 Å². The lowest BCUT2D eigenvalue weighted by molar-refractivity contribution is -0.170. The highest BCUT2D eigenvalue weighted by atomic mass is 16.5. The first-order chi connectivity index (χ1) is 16.1. The molecular weight excluding hydrogens is 438 g/mol. The van der Waals surface area contributed by atoms with Gasteiger partial charge in [-0.15, -0.1) is 0 Å². The quantitative estimate of drug-likeness (QED) is 0.603. The molecule has 34 heavy (non-hydrogen) atoms. The number of ether oxygens (including phenoxy) is 1. The lowest BCUT2D eigenvalue weighted by Crippen LogP contribution is -2.57. The van der Waals surface area contributed by atoms with Crippen LogP contribution in [-0.2, 0) is 23.9 Å². The molecule has 1 N–H and O–H groups in total. The summed E-state index contributed by atoms with van der Waals surface area (Å²) < 4.78 is 5.56. The Morgan fingerprint density at radius 1 is 0.882 bits per heavy atom. The van der Waals surface area contributed by atoms with E-state index < -0.39 is 29.6 Å². The summed E-state index contributed by atoms with van der Waals surface area (Å²) in [5.41, 5.74) is -0.394. The zero-order valence-electron chi connectivity index (χ0n) is 20.3. The number of hydrogen-bond acceptors (Lipinski definition) is 6. The maximum Gasteiger partial charge on any atom is 0.329 e. The van der Waals surface area contributed by atoms with Crippen molar-refractivity contribution in [1.29, 1.82) is 0 Å². The van der Waals surface area contributed by atoms with E-state index in [1.807, 2.05) is 0 Å². The Morgan fingerprint density at radius 3 is 1.94 bits per heavy atom. The molecule has 4 aliphatic carbocycles. The van der Waals surface area contributed by atoms with Crippen LogP contribution < -0.4 is 0 Å². The van der Waals surface area contributed by atoms with Crippen LogP contribution in [0.4, 0.5) is 0 Å². The van der Waals surface area contributed by atoms with E-state index in [4.69, 9.17) is 4.74 Å².